The fraction of sp³-hybridized carbons (Fsp3) is 0.538. The lowest BCUT2D eigenvalue weighted by molar-refractivity contribution is 0.0103. The summed E-state index contributed by atoms with van der Waals surface area (Å²) in [7, 11) is 0. The Hall–Kier alpha value is -1.02. The van der Waals surface area contributed by atoms with Crippen LogP contribution in [0.4, 0.5) is 5.69 Å². The number of aliphatic hydroxyl groups is 1. The molecule has 0 spiro atoms. The van der Waals surface area contributed by atoms with E-state index < -0.39 is 5.60 Å². The molecule has 80 valence electrons. The first-order valence-corrected chi connectivity index (χ1v) is 5.75. The molecule has 0 aromatic heterocycles. The minimum atomic E-state index is -0.517. The lowest BCUT2D eigenvalue weighted by Crippen LogP contribution is -2.53. The second-order valence-corrected chi connectivity index (χ2v) is 5.00. The largest absolute Gasteiger partial charge is 0.388 e. The van der Waals surface area contributed by atoms with Crippen molar-refractivity contribution < 1.29 is 5.11 Å². The third-order valence-corrected chi connectivity index (χ3v) is 3.89. The highest BCUT2D eigenvalue weighted by Gasteiger charge is 2.43. The van der Waals surface area contributed by atoms with Gasteiger partial charge in [-0.1, -0.05) is 18.2 Å². The van der Waals surface area contributed by atoms with E-state index in [4.69, 9.17) is 0 Å². The van der Waals surface area contributed by atoms with Crippen LogP contribution in [-0.4, -0.2) is 23.3 Å². The highest BCUT2D eigenvalue weighted by molar-refractivity contribution is 5.60. The molecule has 2 atom stereocenters. The highest BCUT2D eigenvalue weighted by Crippen LogP contribution is 2.40. The molecule has 2 aliphatic rings. The van der Waals surface area contributed by atoms with E-state index in [1.54, 1.807) is 0 Å². The summed E-state index contributed by atoms with van der Waals surface area (Å²) in [6.45, 7) is 3.08. The van der Waals surface area contributed by atoms with Crippen molar-refractivity contribution in [3.05, 3.63) is 29.8 Å². The van der Waals surface area contributed by atoms with Crippen LogP contribution in [0.15, 0.2) is 24.3 Å². The van der Waals surface area contributed by atoms with Crippen LogP contribution in [0.3, 0.4) is 0 Å². The molecule has 0 bridgehead atoms. The smallest absolute Gasteiger partial charge is 0.0825 e. The molecular weight excluding hydrogens is 186 g/mol. The number of anilines is 1. The summed E-state index contributed by atoms with van der Waals surface area (Å²) < 4.78 is 0. The van der Waals surface area contributed by atoms with Gasteiger partial charge in [-0.05, 0) is 37.8 Å². The predicted molar refractivity (Wildman–Crippen MR) is 61.1 cm³/mol. The Labute approximate surface area is 90.5 Å². The van der Waals surface area contributed by atoms with Gasteiger partial charge in [-0.25, -0.2) is 0 Å². The van der Waals surface area contributed by atoms with Gasteiger partial charge in [0.05, 0.1) is 11.6 Å². The molecule has 0 radical (unpaired) electrons. The van der Waals surface area contributed by atoms with Gasteiger partial charge in [0.2, 0.25) is 0 Å². The van der Waals surface area contributed by atoms with Crippen molar-refractivity contribution in [2.45, 2.75) is 37.8 Å². The summed E-state index contributed by atoms with van der Waals surface area (Å²) in [5.41, 5.74) is 2.21. The zero-order valence-corrected chi connectivity index (χ0v) is 9.11. The van der Waals surface area contributed by atoms with E-state index >= 15 is 0 Å². The molecule has 2 nitrogen and oxygen atoms in total. The van der Waals surface area contributed by atoms with Gasteiger partial charge in [0.15, 0.2) is 0 Å². The summed E-state index contributed by atoms with van der Waals surface area (Å²) in [6.07, 6.45) is 3.03. The van der Waals surface area contributed by atoms with Crippen LogP contribution < -0.4 is 4.90 Å². The Morgan fingerprint density at radius 3 is 3.07 bits per heavy atom. The number of fused-ring (bicyclic) bond motifs is 3. The molecule has 1 saturated heterocycles. The standard InChI is InChI=1S/C13H17NO/c1-13(15)7-4-8-14-11-6-3-2-5-10(11)9-12(13)14/h2-3,5-6,12,15H,4,7-9H2,1H3/t12-,13+/m1/s1. The molecule has 2 heterocycles. The van der Waals surface area contributed by atoms with Crippen LogP contribution in [0.5, 0.6) is 0 Å². The van der Waals surface area contributed by atoms with Gasteiger partial charge in [-0.3, -0.25) is 0 Å². The Kier molecular flexibility index (Phi) is 1.84. The van der Waals surface area contributed by atoms with E-state index in [-0.39, 0.29) is 0 Å². The van der Waals surface area contributed by atoms with Crippen molar-refractivity contribution in [2.75, 3.05) is 11.4 Å². The maximum Gasteiger partial charge on any atom is 0.0825 e. The molecule has 3 rings (SSSR count). The molecule has 2 heteroatoms. The minimum absolute atomic E-state index is 0.295. The summed E-state index contributed by atoms with van der Waals surface area (Å²) >= 11 is 0. The molecule has 2 aliphatic heterocycles. The van der Waals surface area contributed by atoms with Gasteiger partial charge in [0.1, 0.15) is 0 Å². The number of benzene rings is 1. The van der Waals surface area contributed by atoms with Crippen LogP contribution in [0.2, 0.25) is 0 Å². The predicted octanol–water partition coefficient (Wildman–Crippen LogP) is 1.96. The number of hydrogen-bond acceptors (Lipinski definition) is 2. The zero-order chi connectivity index (χ0) is 10.5. The van der Waals surface area contributed by atoms with Crippen LogP contribution >= 0.6 is 0 Å². The van der Waals surface area contributed by atoms with Gasteiger partial charge in [0.25, 0.3) is 0 Å². The third kappa shape index (κ3) is 1.28. The van der Waals surface area contributed by atoms with E-state index in [0.29, 0.717) is 6.04 Å². The number of rotatable bonds is 0. The summed E-state index contributed by atoms with van der Waals surface area (Å²) in [6, 6.07) is 8.83. The molecule has 0 aliphatic carbocycles. The van der Waals surface area contributed by atoms with Gasteiger partial charge in [-0.2, -0.15) is 0 Å². The second kappa shape index (κ2) is 2.99. The Morgan fingerprint density at radius 2 is 2.20 bits per heavy atom. The average Bonchev–Trinajstić information content (AvgIpc) is 2.58. The molecular formula is C13H17NO. The molecule has 1 fully saturated rings. The van der Waals surface area contributed by atoms with Crippen LogP contribution in [-0.2, 0) is 6.42 Å². The topological polar surface area (TPSA) is 23.5 Å². The van der Waals surface area contributed by atoms with E-state index in [1.807, 2.05) is 6.92 Å². The van der Waals surface area contributed by atoms with E-state index in [2.05, 4.69) is 29.2 Å². The average molecular weight is 203 g/mol. The van der Waals surface area contributed by atoms with E-state index in [9.17, 15) is 5.11 Å². The first-order valence-electron chi connectivity index (χ1n) is 5.75. The van der Waals surface area contributed by atoms with Gasteiger partial charge in [-0.15, -0.1) is 0 Å². The van der Waals surface area contributed by atoms with Crippen molar-refractivity contribution in [3.8, 4) is 0 Å². The molecule has 15 heavy (non-hydrogen) atoms. The number of hydrogen-bond donors (Lipinski definition) is 1. The summed E-state index contributed by atoms with van der Waals surface area (Å²) in [5, 5.41) is 10.4. The van der Waals surface area contributed by atoms with E-state index in [0.717, 1.165) is 25.8 Å². The zero-order valence-electron chi connectivity index (χ0n) is 9.11. The van der Waals surface area contributed by atoms with Gasteiger partial charge in [0, 0.05) is 12.2 Å². The Balaban J connectivity index is 2.02. The number of nitrogens with zero attached hydrogens (tertiary/aromatic N) is 1. The Morgan fingerprint density at radius 1 is 1.40 bits per heavy atom. The Bertz CT molecular complexity index is 386. The van der Waals surface area contributed by atoms with Crippen LogP contribution in [0.1, 0.15) is 25.3 Å². The minimum Gasteiger partial charge on any atom is -0.388 e. The monoisotopic (exact) mass is 203 g/mol. The SMILES string of the molecule is C[C@]1(O)CCCN2c3ccccc3C[C@@H]21. The van der Waals surface area contributed by atoms with Crippen LogP contribution in [0, 0.1) is 0 Å². The van der Waals surface area contributed by atoms with Crippen molar-refractivity contribution in [3.63, 3.8) is 0 Å². The number of piperidine rings is 1. The fourth-order valence-corrected chi connectivity index (χ4v) is 3.06. The van der Waals surface area contributed by atoms with Gasteiger partial charge >= 0.3 is 0 Å². The van der Waals surface area contributed by atoms with Crippen molar-refractivity contribution in [1.82, 2.24) is 0 Å². The lowest BCUT2D eigenvalue weighted by atomic mass is 9.85. The summed E-state index contributed by atoms with van der Waals surface area (Å²) in [5.74, 6) is 0. The van der Waals surface area contributed by atoms with Crippen molar-refractivity contribution in [2.24, 2.45) is 0 Å². The van der Waals surface area contributed by atoms with Crippen LogP contribution in [0.25, 0.3) is 0 Å². The normalized spacial score (nSPS) is 33.7. The maximum atomic E-state index is 10.4. The molecule has 0 unspecified atom stereocenters. The molecule has 0 saturated carbocycles. The fourth-order valence-electron chi connectivity index (χ4n) is 3.06. The highest BCUT2D eigenvalue weighted by atomic mass is 16.3. The first-order chi connectivity index (χ1) is 7.18. The van der Waals surface area contributed by atoms with Crippen molar-refractivity contribution in [1.29, 1.82) is 0 Å². The lowest BCUT2D eigenvalue weighted by Gasteiger charge is -2.42. The first kappa shape index (κ1) is 9.22. The summed E-state index contributed by atoms with van der Waals surface area (Å²) in [4.78, 5) is 2.39. The number of para-hydroxylation sites is 1. The van der Waals surface area contributed by atoms with Crippen molar-refractivity contribution >= 4 is 5.69 Å². The second-order valence-electron chi connectivity index (χ2n) is 5.00. The van der Waals surface area contributed by atoms with E-state index in [1.165, 1.54) is 11.3 Å². The third-order valence-electron chi connectivity index (χ3n) is 3.89. The maximum absolute atomic E-state index is 10.4. The molecule has 0 amide bonds. The molecule has 1 aromatic carbocycles. The molecule has 1 aromatic rings. The molecule has 1 N–H and O–H groups in total. The van der Waals surface area contributed by atoms with Gasteiger partial charge < -0.3 is 10.0 Å². The quantitative estimate of drug-likeness (QED) is 0.696.